The molecule has 0 bridgehead atoms. The van der Waals surface area contributed by atoms with Crippen molar-refractivity contribution in [1.29, 1.82) is 0 Å². The van der Waals surface area contributed by atoms with Gasteiger partial charge in [-0.05, 0) is 37.6 Å². The molecule has 4 nitrogen and oxygen atoms in total. The zero-order chi connectivity index (χ0) is 16.6. The number of nitrogens with two attached hydrogens (primary N) is 1. The van der Waals surface area contributed by atoms with Crippen LogP contribution in [0.3, 0.4) is 0 Å². The van der Waals surface area contributed by atoms with Crippen LogP contribution in [0.15, 0.2) is 37.2 Å². The fraction of sp³-hybridized carbons (Fsp3) is 0.412. The summed E-state index contributed by atoms with van der Waals surface area (Å²) in [5.74, 6) is -0.391. The molecule has 2 aromatic heterocycles. The maximum atomic E-state index is 10.8. The molecule has 5 heteroatoms. The summed E-state index contributed by atoms with van der Waals surface area (Å²) in [6.07, 6.45) is 7.39. The summed E-state index contributed by atoms with van der Waals surface area (Å²) in [6, 6.07) is 5.50. The van der Waals surface area contributed by atoms with Crippen LogP contribution in [0.4, 0.5) is 0 Å². The lowest BCUT2D eigenvalue weighted by Gasteiger charge is -2.10. The van der Waals surface area contributed by atoms with Crippen LogP contribution in [0.2, 0.25) is 0 Å². The molecule has 1 amide bonds. The summed E-state index contributed by atoms with van der Waals surface area (Å²) in [5.41, 5.74) is 5.60. The molecule has 0 unspecified atom stereocenters. The van der Waals surface area contributed by atoms with Gasteiger partial charge in [-0.15, -0.1) is 11.3 Å². The van der Waals surface area contributed by atoms with Crippen LogP contribution in [-0.2, 0) is 0 Å². The molecule has 0 saturated heterocycles. The summed E-state index contributed by atoms with van der Waals surface area (Å²) < 4.78 is 0. The molecule has 1 aliphatic rings. The Hall–Kier alpha value is -1.88. The van der Waals surface area contributed by atoms with Gasteiger partial charge in [-0.25, -0.2) is 4.98 Å². The fourth-order valence-electron chi connectivity index (χ4n) is 1.96. The smallest absolute Gasteiger partial charge is 0.258 e. The molecule has 0 aliphatic heterocycles. The van der Waals surface area contributed by atoms with E-state index in [-0.39, 0.29) is 0 Å². The molecule has 0 spiro atoms. The Morgan fingerprint density at radius 1 is 1.55 bits per heavy atom. The number of rotatable bonds is 4. The van der Waals surface area contributed by atoms with Crippen LogP contribution in [0.1, 0.15) is 49.7 Å². The standard InChI is InChI=1S/C8H6N2OS.C7H13N.C2H6/c9-7(11)6-4-5-2-1-3-10-8(5)12-6;1-3-7(5-6-7)8-4-2;1-2/h1-4H,(H2,9,11);4,8H,2-3,5-6H2,1H3;1-2H3. The van der Waals surface area contributed by atoms with Crippen molar-refractivity contribution in [1.82, 2.24) is 10.3 Å². The Morgan fingerprint density at radius 3 is 2.64 bits per heavy atom. The summed E-state index contributed by atoms with van der Waals surface area (Å²) in [5, 5.41) is 4.22. The molecule has 2 aromatic rings. The van der Waals surface area contributed by atoms with Gasteiger partial charge in [0.2, 0.25) is 0 Å². The zero-order valence-corrected chi connectivity index (χ0v) is 14.4. The van der Waals surface area contributed by atoms with Crippen molar-refractivity contribution < 1.29 is 4.79 Å². The van der Waals surface area contributed by atoms with Crippen LogP contribution in [-0.4, -0.2) is 16.4 Å². The Kier molecular flexibility index (Phi) is 7.05. The van der Waals surface area contributed by atoms with Crippen molar-refractivity contribution in [3.05, 3.63) is 42.1 Å². The van der Waals surface area contributed by atoms with Gasteiger partial charge in [0.15, 0.2) is 0 Å². The molecule has 1 saturated carbocycles. The second-order valence-corrected chi connectivity index (χ2v) is 5.89. The van der Waals surface area contributed by atoms with E-state index >= 15 is 0 Å². The minimum atomic E-state index is -0.391. The van der Waals surface area contributed by atoms with Gasteiger partial charge in [-0.1, -0.05) is 33.4 Å². The Bertz CT molecular complexity index is 584. The van der Waals surface area contributed by atoms with Gasteiger partial charge in [0.25, 0.3) is 5.91 Å². The largest absolute Gasteiger partial charge is 0.386 e. The predicted molar refractivity (Wildman–Crippen MR) is 95.1 cm³/mol. The van der Waals surface area contributed by atoms with Gasteiger partial charge in [0.05, 0.1) is 4.88 Å². The molecular formula is C17H25N3OS. The maximum absolute atomic E-state index is 10.8. The number of nitrogens with one attached hydrogen (secondary N) is 1. The van der Waals surface area contributed by atoms with E-state index in [1.54, 1.807) is 18.5 Å². The van der Waals surface area contributed by atoms with Crippen LogP contribution in [0, 0.1) is 0 Å². The highest BCUT2D eigenvalue weighted by Crippen LogP contribution is 2.38. The number of amides is 1. The molecule has 22 heavy (non-hydrogen) atoms. The Labute approximate surface area is 136 Å². The average molecular weight is 319 g/mol. The predicted octanol–water partition coefficient (Wildman–Crippen LogP) is 4.08. The first-order chi connectivity index (χ1) is 10.6. The topological polar surface area (TPSA) is 68.0 Å². The highest BCUT2D eigenvalue weighted by molar-refractivity contribution is 7.20. The number of nitrogens with zero attached hydrogens (tertiary/aromatic N) is 1. The lowest BCUT2D eigenvalue weighted by atomic mass is 10.2. The summed E-state index contributed by atoms with van der Waals surface area (Å²) in [7, 11) is 0. The Balaban J connectivity index is 0.000000211. The van der Waals surface area contributed by atoms with E-state index in [0.717, 1.165) is 10.2 Å². The second-order valence-electron chi connectivity index (χ2n) is 4.86. The highest BCUT2D eigenvalue weighted by atomic mass is 32.1. The highest BCUT2D eigenvalue weighted by Gasteiger charge is 2.39. The van der Waals surface area contributed by atoms with Crippen molar-refractivity contribution >= 4 is 27.5 Å². The molecule has 0 aromatic carbocycles. The van der Waals surface area contributed by atoms with Crippen molar-refractivity contribution in [2.24, 2.45) is 5.73 Å². The quantitative estimate of drug-likeness (QED) is 0.892. The van der Waals surface area contributed by atoms with Crippen molar-refractivity contribution in [2.45, 2.75) is 45.6 Å². The minimum Gasteiger partial charge on any atom is -0.386 e. The third-order valence-electron chi connectivity index (χ3n) is 3.48. The van der Waals surface area contributed by atoms with Gasteiger partial charge in [0.1, 0.15) is 4.83 Å². The minimum absolute atomic E-state index is 0.391. The third-order valence-corrected chi connectivity index (χ3v) is 4.55. The summed E-state index contributed by atoms with van der Waals surface area (Å²) >= 11 is 1.32. The van der Waals surface area contributed by atoms with Gasteiger partial charge in [0, 0.05) is 17.1 Å². The molecule has 1 aliphatic carbocycles. The summed E-state index contributed by atoms with van der Waals surface area (Å²) in [6.45, 7) is 9.83. The molecular weight excluding hydrogens is 294 g/mol. The van der Waals surface area contributed by atoms with Crippen LogP contribution >= 0.6 is 11.3 Å². The van der Waals surface area contributed by atoms with E-state index in [4.69, 9.17) is 5.73 Å². The van der Waals surface area contributed by atoms with Gasteiger partial charge in [-0.3, -0.25) is 4.79 Å². The molecule has 2 heterocycles. The number of fused-ring (bicyclic) bond motifs is 1. The average Bonchev–Trinajstić information content (AvgIpc) is 3.18. The van der Waals surface area contributed by atoms with Gasteiger partial charge < -0.3 is 11.1 Å². The van der Waals surface area contributed by atoms with Gasteiger partial charge >= 0.3 is 0 Å². The number of pyridine rings is 1. The monoisotopic (exact) mass is 319 g/mol. The zero-order valence-electron chi connectivity index (χ0n) is 13.6. The van der Waals surface area contributed by atoms with E-state index in [1.807, 2.05) is 26.0 Å². The summed E-state index contributed by atoms with van der Waals surface area (Å²) in [4.78, 5) is 16.3. The van der Waals surface area contributed by atoms with Crippen LogP contribution in [0.5, 0.6) is 0 Å². The lowest BCUT2D eigenvalue weighted by Crippen LogP contribution is -2.24. The second kappa shape index (κ2) is 8.54. The molecule has 3 N–H and O–H groups in total. The molecule has 0 radical (unpaired) electrons. The first kappa shape index (κ1) is 18.2. The molecule has 0 atom stereocenters. The first-order valence-electron chi connectivity index (χ1n) is 7.63. The normalized spacial score (nSPS) is 14.0. The van der Waals surface area contributed by atoms with E-state index in [1.165, 1.54) is 30.6 Å². The molecule has 3 rings (SSSR count). The SMILES string of the molecule is C=CNC1(CC)CC1.CC.NC(=O)c1cc2cccnc2s1. The molecule has 120 valence electrons. The number of hydrogen-bond acceptors (Lipinski definition) is 4. The van der Waals surface area contributed by atoms with Crippen molar-refractivity contribution in [3.8, 4) is 0 Å². The number of aromatic nitrogens is 1. The number of hydrogen-bond donors (Lipinski definition) is 2. The lowest BCUT2D eigenvalue weighted by molar-refractivity contribution is 0.100. The molecule has 1 fully saturated rings. The van der Waals surface area contributed by atoms with Crippen LogP contribution in [0.25, 0.3) is 10.2 Å². The van der Waals surface area contributed by atoms with Gasteiger partial charge in [-0.2, -0.15) is 0 Å². The Morgan fingerprint density at radius 2 is 2.23 bits per heavy atom. The number of primary amides is 1. The fourth-order valence-corrected chi connectivity index (χ4v) is 2.82. The number of carbonyl (C=O) groups is 1. The van der Waals surface area contributed by atoms with E-state index < -0.39 is 5.91 Å². The van der Waals surface area contributed by atoms with Crippen molar-refractivity contribution in [3.63, 3.8) is 0 Å². The van der Waals surface area contributed by atoms with E-state index in [9.17, 15) is 4.79 Å². The number of carbonyl (C=O) groups excluding carboxylic acids is 1. The van der Waals surface area contributed by atoms with Crippen molar-refractivity contribution in [2.75, 3.05) is 0 Å². The van der Waals surface area contributed by atoms with E-state index in [2.05, 4.69) is 23.8 Å². The van der Waals surface area contributed by atoms with E-state index in [0.29, 0.717) is 10.4 Å². The van der Waals surface area contributed by atoms with Crippen LogP contribution < -0.4 is 11.1 Å². The third kappa shape index (κ3) is 4.84. The first-order valence-corrected chi connectivity index (χ1v) is 8.45. The number of thiophene rings is 1. The maximum Gasteiger partial charge on any atom is 0.258 e.